The van der Waals surface area contributed by atoms with E-state index in [2.05, 4.69) is 21.0 Å². The molecule has 3 aromatic rings. The summed E-state index contributed by atoms with van der Waals surface area (Å²) in [6, 6.07) is 17.4. The second kappa shape index (κ2) is 8.18. The van der Waals surface area contributed by atoms with Crippen molar-refractivity contribution >= 4 is 27.9 Å². The van der Waals surface area contributed by atoms with Gasteiger partial charge in [0.1, 0.15) is 0 Å². The molecule has 6 nitrogen and oxygen atoms in total. The number of rotatable bonds is 5. The van der Waals surface area contributed by atoms with E-state index in [0.29, 0.717) is 11.3 Å². The molecule has 138 valence electrons. The Hall–Kier alpha value is -2.93. The zero-order valence-corrected chi connectivity index (χ0v) is 16.3. The first-order valence-corrected chi connectivity index (χ1v) is 8.91. The molecule has 0 aliphatic rings. The van der Waals surface area contributed by atoms with Crippen LogP contribution < -0.4 is 0 Å². The highest BCUT2D eigenvalue weighted by Gasteiger charge is 2.30. The molecule has 0 radical (unpaired) electrons. The van der Waals surface area contributed by atoms with E-state index in [4.69, 9.17) is 9.47 Å². The Morgan fingerprint density at radius 3 is 2.30 bits per heavy atom. The summed E-state index contributed by atoms with van der Waals surface area (Å²) in [5.41, 5.74) is 2.18. The Balaban J connectivity index is 2.25. The zero-order chi connectivity index (χ0) is 19.4. The molecule has 0 unspecified atom stereocenters. The van der Waals surface area contributed by atoms with E-state index in [-0.39, 0.29) is 5.69 Å². The van der Waals surface area contributed by atoms with Gasteiger partial charge in [-0.2, -0.15) is 5.10 Å². The third-order valence-corrected chi connectivity index (χ3v) is 4.79. The average molecular weight is 429 g/mol. The van der Waals surface area contributed by atoms with Crippen LogP contribution in [0.4, 0.5) is 0 Å². The Bertz CT molecular complexity index is 969. The minimum Gasteiger partial charge on any atom is -0.467 e. The molecule has 27 heavy (non-hydrogen) atoms. The highest BCUT2D eigenvalue weighted by molar-refractivity contribution is 9.10. The Labute approximate surface area is 164 Å². The quantitative estimate of drug-likeness (QED) is 0.576. The monoisotopic (exact) mass is 428 g/mol. The van der Waals surface area contributed by atoms with Gasteiger partial charge in [-0.25, -0.2) is 14.3 Å². The van der Waals surface area contributed by atoms with Gasteiger partial charge < -0.3 is 9.47 Å². The first kappa shape index (κ1) is 18.8. The van der Waals surface area contributed by atoms with Crippen molar-refractivity contribution < 1.29 is 19.1 Å². The van der Waals surface area contributed by atoms with Crippen LogP contribution in [-0.2, 0) is 14.3 Å². The van der Waals surface area contributed by atoms with E-state index in [9.17, 15) is 9.59 Å². The summed E-state index contributed by atoms with van der Waals surface area (Å²) < 4.78 is 12.0. The van der Waals surface area contributed by atoms with Crippen molar-refractivity contribution in [1.29, 1.82) is 0 Å². The van der Waals surface area contributed by atoms with E-state index < -0.39 is 18.0 Å². The van der Waals surface area contributed by atoms with Crippen molar-refractivity contribution in [1.82, 2.24) is 9.78 Å². The summed E-state index contributed by atoms with van der Waals surface area (Å²) in [4.78, 5) is 24.7. The molecule has 0 amide bonds. The van der Waals surface area contributed by atoms with Crippen LogP contribution in [0.5, 0.6) is 0 Å². The second-order valence-corrected chi connectivity index (χ2v) is 6.52. The predicted octanol–water partition coefficient (Wildman–Crippen LogP) is 3.86. The van der Waals surface area contributed by atoms with Crippen LogP contribution in [0.3, 0.4) is 0 Å². The number of carbonyl (C=O) groups is 2. The fourth-order valence-electron chi connectivity index (χ4n) is 2.79. The van der Waals surface area contributed by atoms with Gasteiger partial charge in [0.25, 0.3) is 0 Å². The number of hydrogen-bond acceptors (Lipinski definition) is 5. The van der Waals surface area contributed by atoms with Crippen LogP contribution in [0, 0.1) is 0 Å². The standard InChI is InChI=1S/C20H17BrN2O4/c1-26-19(24)16-12-17(13-8-4-3-5-9-13)23(22-16)18(20(25)27-2)14-10-6-7-11-15(14)21/h3-12,18H,1-2H3/t18-/m1/s1. The summed E-state index contributed by atoms with van der Waals surface area (Å²) >= 11 is 3.48. The minimum absolute atomic E-state index is 0.109. The lowest BCUT2D eigenvalue weighted by Gasteiger charge is -2.19. The SMILES string of the molecule is COC(=O)c1cc(-c2ccccc2)n([C@@H](C(=O)OC)c2ccccc2Br)n1. The molecular formula is C20H17BrN2O4. The highest BCUT2D eigenvalue weighted by atomic mass is 79.9. The second-order valence-electron chi connectivity index (χ2n) is 5.66. The fraction of sp³-hybridized carbons (Fsp3) is 0.150. The lowest BCUT2D eigenvalue weighted by molar-refractivity contribution is -0.143. The molecule has 0 aliphatic heterocycles. The van der Waals surface area contributed by atoms with E-state index in [1.165, 1.54) is 18.9 Å². The Morgan fingerprint density at radius 1 is 1.00 bits per heavy atom. The van der Waals surface area contributed by atoms with Gasteiger partial charge >= 0.3 is 11.9 Å². The largest absolute Gasteiger partial charge is 0.467 e. The molecule has 1 aromatic heterocycles. The van der Waals surface area contributed by atoms with Crippen LogP contribution in [-0.4, -0.2) is 35.9 Å². The van der Waals surface area contributed by atoms with E-state index in [1.807, 2.05) is 48.5 Å². The number of aromatic nitrogens is 2. The topological polar surface area (TPSA) is 70.4 Å². The number of halogens is 1. The third kappa shape index (κ3) is 3.78. The summed E-state index contributed by atoms with van der Waals surface area (Å²) in [7, 11) is 2.61. The van der Waals surface area contributed by atoms with E-state index in [0.717, 1.165) is 10.0 Å². The molecule has 1 atom stereocenters. The lowest BCUT2D eigenvalue weighted by Crippen LogP contribution is -2.24. The Kier molecular flexibility index (Phi) is 5.71. The number of benzene rings is 2. The van der Waals surface area contributed by atoms with E-state index in [1.54, 1.807) is 12.1 Å². The maximum absolute atomic E-state index is 12.7. The molecular weight excluding hydrogens is 412 g/mol. The van der Waals surface area contributed by atoms with Gasteiger partial charge in [0.05, 0.1) is 19.9 Å². The van der Waals surface area contributed by atoms with Crippen molar-refractivity contribution in [3.05, 3.63) is 76.4 Å². The maximum atomic E-state index is 12.7. The smallest absolute Gasteiger partial charge is 0.358 e. The molecule has 0 aliphatic carbocycles. The summed E-state index contributed by atoms with van der Waals surface area (Å²) in [6.07, 6.45) is 0. The van der Waals surface area contributed by atoms with Gasteiger partial charge in [0, 0.05) is 10.0 Å². The molecule has 7 heteroatoms. The molecule has 0 saturated heterocycles. The number of ether oxygens (including phenoxy) is 2. The molecule has 0 bridgehead atoms. The normalized spacial score (nSPS) is 11.7. The van der Waals surface area contributed by atoms with Crippen LogP contribution in [0.1, 0.15) is 22.1 Å². The van der Waals surface area contributed by atoms with Gasteiger partial charge in [0.15, 0.2) is 11.7 Å². The average Bonchev–Trinajstić information content (AvgIpc) is 3.14. The number of nitrogens with zero attached hydrogens (tertiary/aromatic N) is 2. The highest BCUT2D eigenvalue weighted by Crippen LogP contribution is 2.32. The molecule has 0 saturated carbocycles. The van der Waals surface area contributed by atoms with Crippen molar-refractivity contribution in [2.24, 2.45) is 0 Å². The lowest BCUT2D eigenvalue weighted by atomic mass is 10.1. The minimum atomic E-state index is -0.876. The van der Waals surface area contributed by atoms with Gasteiger partial charge in [-0.3, -0.25) is 0 Å². The maximum Gasteiger partial charge on any atom is 0.358 e. The predicted molar refractivity (Wildman–Crippen MR) is 103 cm³/mol. The van der Waals surface area contributed by atoms with Crippen molar-refractivity contribution in [2.45, 2.75) is 6.04 Å². The van der Waals surface area contributed by atoms with Gasteiger partial charge in [-0.1, -0.05) is 64.5 Å². The zero-order valence-electron chi connectivity index (χ0n) is 14.8. The molecule has 0 N–H and O–H groups in total. The van der Waals surface area contributed by atoms with Crippen LogP contribution in [0.15, 0.2) is 65.1 Å². The van der Waals surface area contributed by atoms with E-state index >= 15 is 0 Å². The van der Waals surface area contributed by atoms with Gasteiger partial charge in [-0.05, 0) is 17.7 Å². The third-order valence-electron chi connectivity index (χ3n) is 4.07. The molecule has 3 rings (SSSR count). The number of esters is 2. The van der Waals surface area contributed by atoms with Crippen molar-refractivity contribution in [3.8, 4) is 11.3 Å². The van der Waals surface area contributed by atoms with Crippen LogP contribution in [0.2, 0.25) is 0 Å². The van der Waals surface area contributed by atoms with Gasteiger partial charge in [-0.15, -0.1) is 0 Å². The van der Waals surface area contributed by atoms with Crippen molar-refractivity contribution in [2.75, 3.05) is 14.2 Å². The Morgan fingerprint density at radius 2 is 1.67 bits per heavy atom. The first-order valence-electron chi connectivity index (χ1n) is 8.12. The fourth-order valence-corrected chi connectivity index (χ4v) is 3.29. The summed E-state index contributed by atoms with van der Waals surface area (Å²) in [5.74, 6) is -1.08. The molecule has 0 spiro atoms. The van der Waals surface area contributed by atoms with Crippen LogP contribution >= 0.6 is 15.9 Å². The number of carbonyl (C=O) groups excluding carboxylic acids is 2. The molecule has 2 aromatic carbocycles. The van der Waals surface area contributed by atoms with Crippen LogP contribution in [0.25, 0.3) is 11.3 Å². The molecule has 1 heterocycles. The number of hydrogen-bond donors (Lipinski definition) is 0. The van der Waals surface area contributed by atoms with Gasteiger partial charge in [0.2, 0.25) is 0 Å². The number of methoxy groups -OCH3 is 2. The summed E-state index contributed by atoms with van der Waals surface area (Å²) in [6.45, 7) is 0. The van der Waals surface area contributed by atoms with Crippen molar-refractivity contribution in [3.63, 3.8) is 0 Å². The first-order chi connectivity index (χ1) is 13.1. The molecule has 0 fully saturated rings. The summed E-state index contributed by atoms with van der Waals surface area (Å²) in [5, 5.41) is 4.36.